The van der Waals surface area contributed by atoms with Crippen LogP contribution in [0.2, 0.25) is 0 Å². The highest BCUT2D eigenvalue weighted by Crippen LogP contribution is 2.22. The van der Waals surface area contributed by atoms with Gasteiger partial charge in [-0.1, -0.05) is 11.6 Å². The van der Waals surface area contributed by atoms with Crippen LogP contribution in [0.15, 0.2) is 48.5 Å². The summed E-state index contributed by atoms with van der Waals surface area (Å²) in [6.45, 7) is 2.42. The summed E-state index contributed by atoms with van der Waals surface area (Å²) in [6, 6.07) is 15.6. The van der Waals surface area contributed by atoms with E-state index in [2.05, 4.69) is 21.5 Å². The van der Waals surface area contributed by atoms with Crippen LogP contribution in [0.5, 0.6) is 0 Å². The van der Waals surface area contributed by atoms with Gasteiger partial charge in [0.1, 0.15) is 29.0 Å². The predicted molar refractivity (Wildman–Crippen MR) is 116 cm³/mol. The minimum Gasteiger partial charge on any atom is -0.382 e. The van der Waals surface area contributed by atoms with Gasteiger partial charge < -0.3 is 16.0 Å². The van der Waals surface area contributed by atoms with Crippen LogP contribution >= 0.6 is 0 Å². The number of nitrogens with zero attached hydrogens (tertiary/aromatic N) is 3. The molecular weight excluding hydrogens is 395 g/mol. The topological polar surface area (TPSA) is 113 Å². The number of fused-ring (bicyclic) bond motifs is 1. The molecule has 0 saturated heterocycles. The van der Waals surface area contributed by atoms with Crippen molar-refractivity contribution in [3.05, 3.63) is 76.9 Å². The minimum atomic E-state index is -0.365. The zero-order chi connectivity index (χ0) is 22.0. The third kappa shape index (κ3) is 4.12. The first kappa shape index (κ1) is 20.2. The van der Waals surface area contributed by atoms with E-state index in [1.165, 1.54) is 16.8 Å². The fraction of sp³-hybridized carbons (Fsp3) is 0.174. The number of carbonyl (C=O) groups excluding carboxylic acids is 1. The number of nitriles is 1. The predicted octanol–water partition coefficient (Wildman–Crippen LogP) is 3.62. The van der Waals surface area contributed by atoms with E-state index in [0.29, 0.717) is 42.0 Å². The van der Waals surface area contributed by atoms with Gasteiger partial charge in [0.2, 0.25) is 0 Å². The van der Waals surface area contributed by atoms with Crippen LogP contribution in [0.1, 0.15) is 33.7 Å². The molecule has 0 bridgehead atoms. The van der Waals surface area contributed by atoms with Crippen molar-refractivity contribution < 1.29 is 9.18 Å². The zero-order valence-corrected chi connectivity index (χ0v) is 16.9. The third-order valence-electron chi connectivity index (χ3n) is 5.07. The second kappa shape index (κ2) is 8.32. The number of nitrogens with one attached hydrogen (secondary N) is 2. The number of hydrogen-bond acceptors (Lipinski definition) is 4. The third-order valence-corrected chi connectivity index (χ3v) is 5.07. The molecule has 2 aromatic carbocycles. The van der Waals surface area contributed by atoms with Gasteiger partial charge in [-0.3, -0.25) is 4.79 Å². The Morgan fingerprint density at radius 2 is 2.03 bits per heavy atom. The Balaban J connectivity index is 1.40. The van der Waals surface area contributed by atoms with Crippen molar-refractivity contribution >= 4 is 22.6 Å². The van der Waals surface area contributed by atoms with Gasteiger partial charge in [0, 0.05) is 17.4 Å². The number of carbonyl (C=O) groups is 1. The maximum absolute atomic E-state index is 13.2. The van der Waals surface area contributed by atoms with E-state index in [0.717, 1.165) is 16.5 Å². The Bertz CT molecular complexity index is 1300. The molecular formula is C23H21FN6O. The lowest BCUT2D eigenvalue weighted by Crippen LogP contribution is -2.25. The second-order valence-electron chi connectivity index (χ2n) is 7.34. The Labute approximate surface area is 178 Å². The molecule has 2 heterocycles. The summed E-state index contributed by atoms with van der Waals surface area (Å²) in [5, 5.41) is 17.8. The highest BCUT2D eigenvalue weighted by atomic mass is 19.1. The van der Waals surface area contributed by atoms with Crippen molar-refractivity contribution in [1.82, 2.24) is 20.1 Å². The number of nitrogens with two attached hydrogens (primary N) is 1. The quantitative estimate of drug-likeness (QED) is 0.417. The number of aromatic nitrogens is 3. The first-order valence-corrected chi connectivity index (χ1v) is 9.87. The highest BCUT2D eigenvalue weighted by molar-refractivity contribution is 5.98. The molecule has 156 valence electrons. The molecule has 0 unspecified atom stereocenters. The molecule has 4 N–H and O–H groups in total. The molecule has 8 heteroatoms. The lowest BCUT2D eigenvalue weighted by atomic mass is 10.1. The van der Waals surface area contributed by atoms with Crippen molar-refractivity contribution in [3.63, 3.8) is 0 Å². The lowest BCUT2D eigenvalue weighted by Gasteiger charge is -2.03. The highest BCUT2D eigenvalue weighted by Gasteiger charge is 2.16. The largest absolute Gasteiger partial charge is 0.382 e. The SMILES string of the molecule is Cc1ccc2[nH]c(C(=O)NCCCc3nn(-c4ccc(F)cc4)c(N)c3C#N)cc2c1. The second-order valence-corrected chi connectivity index (χ2v) is 7.34. The molecule has 4 aromatic rings. The molecule has 0 fully saturated rings. The first-order chi connectivity index (χ1) is 15.0. The Kier molecular flexibility index (Phi) is 5.41. The summed E-state index contributed by atoms with van der Waals surface area (Å²) in [4.78, 5) is 15.6. The van der Waals surface area contributed by atoms with Gasteiger partial charge in [-0.25, -0.2) is 9.07 Å². The molecule has 0 radical (unpaired) electrons. The van der Waals surface area contributed by atoms with Crippen molar-refractivity contribution in [2.75, 3.05) is 12.3 Å². The van der Waals surface area contributed by atoms with Crippen LogP contribution in [-0.2, 0) is 6.42 Å². The van der Waals surface area contributed by atoms with E-state index in [9.17, 15) is 14.4 Å². The van der Waals surface area contributed by atoms with E-state index in [4.69, 9.17) is 5.73 Å². The average molecular weight is 416 g/mol. The van der Waals surface area contributed by atoms with Crippen LogP contribution in [0.3, 0.4) is 0 Å². The molecule has 4 rings (SSSR count). The number of benzene rings is 2. The van der Waals surface area contributed by atoms with E-state index >= 15 is 0 Å². The number of H-pyrrole nitrogens is 1. The summed E-state index contributed by atoms with van der Waals surface area (Å²) in [5.74, 6) is -0.344. The molecule has 0 saturated carbocycles. The smallest absolute Gasteiger partial charge is 0.267 e. The molecule has 0 atom stereocenters. The summed E-state index contributed by atoms with van der Waals surface area (Å²) in [5.41, 5.74) is 10.0. The number of hydrogen-bond donors (Lipinski definition) is 3. The molecule has 0 spiro atoms. The van der Waals surface area contributed by atoms with Gasteiger partial charge in [0.25, 0.3) is 5.91 Å². The molecule has 2 aromatic heterocycles. The molecule has 31 heavy (non-hydrogen) atoms. The first-order valence-electron chi connectivity index (χ1n) is 9.87. The summed E-state index contributed by atoms with van der Waals surface area (Å²) >= 11 is 0. The van der Waals surface area contributed by atoms with Gasteiger partial charge >= 0.3 is 0 Å². The maximum atomic E-state index is 13.2. The maximum Gasteiger partial charge on any atom is 0.267 e. The normalized spacial score (nSPS) is 10.9. The summed E-state index contributed by atoms with van der Waals surface area (Å²) in [6.07, 6.45) is 1.05. The molecule has 7 nitrogen and oxygen atoms in total. The number of halogens is 1. The van der Waals surface area contributed by atoms with Crippen molar-refractivity contribution in [3.8, 4) is 11.8 Å². The van der Waals surface area contributed by atoms with Crippen LogP contribution in [-0.4, -0.2) is 27.2 Å². The zero-order valence-electron chi connectivity index (χ0n) is 16.9. The Morgan fingerprint density at radius 3 is 2.77 bits per heavy atom. The van der Waals surface area contributed by atoms with Crippen LogP contribution in [0.4, 0.5) is 10.2 Å². The van der Waals surface area contributed by atoms with E-state index in [1.54, 1.807) is 12.1 Å². The van der Waals surface area contributed by atoms with Gasteiger partial charge in [-0.15, -0.1) is 0 Å². The Hall–Kier alpha value is -4.12. The van der Waals surface area contributed by atoms with E-state index in [1.807, 2.05) is 31.2 Å². The molecule has 0 aliphatic heterocycles. The van der Waals surface area contributed by atoms with Crippen molar-refractivity contribution in [1.29, 1.82) is 5.26 Å². The van der Waals surface area contributed by atoms with Gasteiger partial charge in [0.05, 0.1) is 11.4 Å². The Morgan fingerprint density at radius 1 is 1.26 bits per heavy atom. The number of rotatable bonds is 6. The minimum absolute atomic E-state index is 0.189. The fourth-order valence-corrected chi connectivity index (χ4v) is 3.48. The monoisotopic (exact) mass is 416 g/mol. The van der Waals surface area contributed by atoms with E-state index < -0.39 is 0 Å². The summed E-state index contributed by atoms with van der Waals surface area (Å²) in [7, 11) is 0. The number of amides is 1. The number of anilines is 1. The number of aryl methyl sites for hydroxylation is 2. The lowest BCUT2D eigenvalue weighted by molar-refractivity contribution is 0.0949. The summed E-state index contributed by atoms with van der Waals surface area (Å²) < 4.78 is 14.6. The van der Waals surface area contributed by atoms with Gasteiger partial charge in [-0.05, 0) is 62.2 Å². The standard InChI is InChI=1S/C23H21FN6O/c1-14-4-9-19-15(11-14)12-21(28-19)23(31)27-10-2-3-20-18(13-25)22(26)30(29-20)17-7-5-16(24)6-8-17/h4-9,11-12,28H,2-3,10,26H2,1H3,(H,27,31). The molecule has 0 aliphatic carbocycles. The number of nitrogen functional groups attached to an aromatic ring is 1. The van der Waals surface area contributed by atoms with Crippen molar-refractivity contribution in [2.45, 2.75) is 19.8 Å². The van der Waals surface area contributed by atoms with Gasteiger partial charge in [-0.2, -0.15) is 10.4 Å². The van der Waals surface area contributed by atoms with Crippen LogP contribution < -0.4 is 11.1 Å². The van der Waals surface area contributed by atoms with Crippen LogP contribution in [0, 0.1) is 24.1 Å². The van der Waals surface area contributed by atoms with Crippen LogP contribution in [0.25, 0.3) is 16.6 Å². The van der Waals surface area contributed by atoms with Gasteiger partial charge in [0.15, 0.2) is 0 Å². The molecule has 1 amide bonds. The van der Waals surface area contributed by atoms with E-state index in [-0.39, 0.29) is 17.5 Å². The fourth-order valence-electron chi connectivity index (χ4n) is 3.48. The number of aromatic amines is 1. The van der Waals surface area contributed by atoms with Crippen molar-refractivity contribution in [2.24, 2.45) is 0 Å². The average Bonchev–Trinajstić information content (AvgIpc) is 3.32. The molecule has 0 aliphatic rings.